The van der Waals surface area contributed by atoms with Gasteiger partial charge in [-0.1, -0.05) is 42.5 Å². The number of rotatable bonds is 5. The summed E-state index contributed by atoms with van der Waals surface area (Å²) in [5.74, 6) is 0.730. The van der Waals surface area contributed by atoms with Gasteiger partial charge in [0.15, 0.2) is 0 Å². The van der Waals surface area contributed by atoms with Crippen LogP contribution >= 0.6 is 11.3 Å². The average molecular weight is 427 g/mol. The highest BCUT2D eigenvalue weighted by Gasteiger charge is 2.13. The highest BCUT2D eigenvalue weighted by atomic mass is 32.1. The molecule has 5 rings (SSSR count). The molecule has 2 heterocycles. The van der Waals surface area contributed by atoms with Gasteiger partial charge < -0.3 is 9.15 Å². The van der Waals surface area contributed by atoms with Crippen LogP contribution in [0.2, 0.25) is 0 Å². The number of hydrogen-bond acceptors (Lipinski definition) is 7. The lowest BCUT2D eigenvalue weighted by atomic mass is 10.0. The smallest absolute Gasteiger partial charge is 0.345 e. The quantitative estimate of drug-likeness (QED) is 0.173. The van der Waals surface area contributed by atoms with Crippen molar-refractivity contribution in [2.45, 2.75) is 0 Å². The largest absolute Gasteiger partial charge is 0.496 e. The van der Waals surface area contributed by atoms with Crippen LogP contribution in [0.3, 0.4) is 0 Å². The van der Waals surface area contributed by atoms with E-state index in [1.54, 1.807) is 13.3 Å². The van der Waals surface area contributed by atoms with Crippen molar-refractivity contribution < 1.29 is 9.15 Å². The molecule has 0 atom stereocenters. The molecule has 5 aromatic rings. The Hall–Kier alpha value is -3.97. The van der Waals surface area contributed by atoms with Crippen molar-refractivity contribution in [2.75, 3.05) is 12.5 Å². The summed E-state index contributed by atoms with van der Waals surface area (Å²) in [5, 5.41) is 9.60. The second-order valence-electron chi connectivity index (χ2n) is 6.80. The van der Waals surface area contributed by atoms with E-state index in [1.807, 2.05) is 72.1 Å². The lowest BCUT2D eigenvalue weighted by Gasteiger charge is -2.04. The molecule has 2 aromatic heterocycles. The third-order valence-electron chi connectivity index (χ3n) is 4.92. The number of benzene rings is 3. The summed E-state index contributed by atoms with van der Waals surface area (Å²) in [7, 11) is 1.62. The van der Waals surface area contributed by atoms with E-state index in [4.69, 9.17) is 9.15 Å². The van der Waals surface area contributed by atoms with Crippen molar-refractivity contribution >= 4 is 44.4 Å². The fourth-order valence-electron chi connectivity index (χ4n) is 3.43. The number of nitrogens with one attached hydrogen (secondary N) is 1. The molecule has 0 saturated heterocycles. The Morgan fingerprint density at radius 2 is 1.90 bits per heavy atom. The molecule has 0 saturated carbocycles. The SMILES string of the molecule is COc1ccccc1C=NNc1nc(-c2cc3c(ccc4ccccc43)oc2=O)cs1. The predicted molar refractivity (Wildman–Crippen MR) is 125 cm³/mol. The number of fused-ring (bicyclic) bond motifs is 3. The van der Waals surface area contributed by atoms with Gasteiger partial charge in [0, 0.05) is 16.3 Å². The zero-order chi connectivity index (χ0) is 21.2. The first-order valence-electron chi connectivity index (χ1n) is 9.56. The molecule has 0 aliphatic heterocycles. The van der Waals surface area contributed by atoms with Crippen molar-refractivity contribution in [1.29, 1.82) is 0 Å². The molecule has 0 amide bonds. The van der Waals surface area contributed by atoms with Gasteiger partial charge in [-0.05, 0) is 35.0 Å². The number of methoxy groups -OCH3 is 1. The fourth-order valence-corrected chi connectivity index (χ4v) is 4.09. The van der Waals surface area contributed by atoms with E-state index in [2.05, 4.69) is 15.5 Å². The Bertz CT molecular complexity index is 1490. The summed E-state index contributed by atoms with van der Waals surface area (Å²) in [6.07, 6.45) is 1.66. The van der Waals surface area contributed by atoms with Gasteiger partial charge in [0.2, 0.25) is 5.13 Å². The average Bonchev–Trinajstić information content (AvgIpc) is 3.27. The molecule has 1 N–H and O–H groups in total. The summed E-state index contributed by atoms with van der Waals surface area (Å²) in [6.45, 7) is 0. The van der Waals surface area contributed by atoms with Crippen molar-refractivity contribution in [3.63, 3.8) is 0 Å². The summed E-state index contributed by atoms with van der Waals surface area (Å²) >= 11 is 1.36. The van der Waals surface area contributed by atoms with Crippen LogP contribution in [0.5, 0.6) is 5.75 Å². The van der Waals surface area contributed by atoms with E-state index in [-0.39, 0.29) is 0 Å². The molecule has 0 aliphatic carbocycles. The lowest BCUT2D eigenvalue weighted by molar-refractivity contribution is 0.414. The van der Waals surface area contributed by atoms with Gasteiger partial charge in [-0.15, -0.1) is 11.3 Å². The molecule has 0 fully saturated rings. The van der Waals surface area contributed by atoms with Gasteiger partial charge in [-0.2, -0.15) is 5.10 Å². The zero-order valence-corrected chi connectivity index (χ0v) is 17.3. The Balaban J connectivity index is 1.46. The summed E-state index contributed by atoms with van der Waals surface area (Å²) in [6, 6.07) is 21.2. The predicted octanol–water partition coefficient (Wildman–Crippen LogP) is 5.52. The Morgan fingerprint density at radius 1 is 1.06 bits per heavy atom. The van der Waals surface area contributed by atoms with Gasteiger partial charge in [0.1, 0.15) is 11.3 Å². The van der Waals surface area contributed by atoms with Crippen LogP contribution in [0, 0.1) is 0 Å². The van der Waals surface area contributed by atoms with Crippen molar-refractivity contribution in [3.05, 3.63) is 88.1 Å². The zero-order valence-electron chi connectivity index (χ0n) is 16.5. The molecule has 0 radical (unpaired) electrons. The highest BCUT2D eigenvalue weighted by Crippen LogP contribution is 2.29. The molecule has 152 valence electrons. The summed E-state index contributed by atoms with van der Waals surface area (Å²) in [5.41, 5.74) is 4.86. The van der Waals surface area contributed by atoms with Crippen LogP contribution < -0.4 is 15.8 Å². The third kappa shape index (κ3) is 3.67. The van der Waals surface area contributed by atoms with Crippen LogP contribution in [-0.2, 0) is 0 Å². The monoisotopic (exact) mass is 427 g/mol. The summed E-state index contributed by atoms with van der Waals surface area (Å²) in [4.78, 5) is 17.1. The Labute approximate surface area is 181 Å². The molecular weight excluding hydrogens is 410 g/mol. The maximum Gasteiger partial charge on any atom is 0.345 e. The molecular formula is C24H17N3O3S. The Morgan fingerprint density at radius 3 is 2.81 bits per heavy atom. The van der Waals surface area contributed by atoms with Crippen molar-refractivity contribution in [3.8, 4) is 17.0 Å². The van der Waals surface area contributed by atoms with E-state index in [0.29, 0.717) is 22.0 Å². The molecule has 0 bridgehead atoms. The van der Waals surface area contributed by atoms with Crippen molar-refractivity contribution in [1.82, 2.24) is 4.98 Å². The normalized spacial score (nSPS) is 11.4. The molecule has 0 spiro atoms. The molecule has 0 unspecified atom stereocenters. The number of hydrazone groups is 1. The van der Waals surface area contributed by atoms with E-state index < -0.39 is 5.63 Å². The minimum atomic E-state index is -0.419. The second-order valence-corrected chi connectivity index (χ2v) is 7.65. The van der Waals surface area contributed by atoms with Crippen LogP contribution in [0.4, 0.5) is 5.13 Å². The maximum atomic E-state index is 12.6. The molecule has 7 heteroatoms. The van der Waals surface area contributed by atoms with Gasteiger partial charge in [-0.25, -0.2) is 9.78 Å². The van der Waals surface area contributed by atoms with Crippen LogP contribution in [-0.4, -0.2) is 18.3 Å². The third-order valence-corrected chi connectivity index (χ3v) is 5.67. The number of ether oxygens (including phenoxy) is 1. The van der Waals surface area contributed by atoms with Crippen LogP contribution in [0.1, 0.15) is 5.56 Å². The molecule has 0 aliphatic rings. The van der Waals surface area contributed by atoms with Gasteiger partial charge in [-0.3, -0.25) is 5.43 Å². The number of anilines is 1. The summed E-state index contributed by atoms with van der Waals surface area (Å²) < 4.78 is 10.9. The fraction of sp³-hybridized carbons (Fsp3) is 0.0417. The number of nitrogens with zero attached hydrogens (tertiary/aromatic N) is 2. The van der Waals surface area contributed by atoms with Crippen LogP contribution in [0.25, 0.3) is 33.0 Å². The number of thiazole rings is 1. The standard InChI is InChI=1S/C24H17N3O3S/c1-29-21-9-5-3-7-16(21)13-25-27-24-26-20(14-31-24)19-12-18-17-8-4-2-6-15(17)10-11-22(18)30-23(19)28/h2-14H,1H3,(H,26,27). The first-order valence-corrected chi connectivity index (χ1v) is 10.4. The van der Waals surface area contributed by atoms with Gasteiger partial charge >= 0.3 is 5.63 Å². The molecule has 31 heavy (non-hydrogen) atoms. The van der Waals surface area contributed by atoms with Gasteiger partial charge in [0.05, 0.1) is 24.6 Å². The van der Waals surface area contributed by atoms with E-state index >= 15 is 0 Å². The van der Waals surface area contributed by atoms with E-state index in [9.17, 15) is 4.79 Å². The molecule has 6 nitrogen and oxygen atoms in total. The lowest BCUT2D eigenvalue weighted by Crippen LogP contribution is -2.03. The maximum absolute atomic E-state index is 12.6. The Kier molecular flexibility index (Phi) is 4.93. The minimum Gasteiger partial charge on any atom is -0.496 e. The first kappa shape index (κ1) is 19.0. The number of hydrogen-bond donors (Lipinski definition) is 1. The topological polar surface area (TPSA) is 76.7 Å². The number of aromatic nitrogens is 1. The first-order chi connectivity index (χ1) is 15.2. The van der Waals surface area contributed by atoms with E-state index in [1.165, 1.54) is 11.3 Å². The van der Waals surface area contributed by atoms with Crippen LogP contribution in [0.15, 0.2) is 86.4 Å². The number of para-hydroxylation sites is 1. The second kappa shape index (κ2) is 8.04. The highest BCUT2D eigenvalue weighted by molar-refractivity contribution is 7.14. The van der Waals surface area contributed by atoms with Crippen molar-refractivity contribution in [2.24, 2.45) is 5.10 Å². The van der Waals surface area contributed by atoms with Gasteiger partial charge in [0.25, 0.3) is 0 Å². The minimum absolute atomic E-state index is 0.418. The molecule has 3 aromatic carbocycles. The van der Waals surface area contributed by atoms with E-state index in [0.717, 1.165) is 27.5 Å².